The van der Waals surface area contributed by atoms with E-state index in [1.807, 2.05) is 0 Å². The van der Waals surface area contributed by atoms with Crippen LogP contribution in [-0.4, -0.2) is 20.5 Å². The third-order valence-electron chi connectivity index (χ3n) is 2.22. The summed E-state index contributed by atoms with van der Waals surface area (Å²) >= 11 is 4.53. The molecule has 1 aliphatic carbocycles. The highest BCUT2D eigenvalue weighted by atomic mass is 79.9. The molecule has 0 radical (unpaired) electrons. The van der Waals surface area contributed by atoms with Gasteiger partial charge in [0.15, 0.2) is 3.92 Å². The molecule has 0 aliphatic heterocycles. The van der Waals surface area contributed by atoms with Crippen molar-refractivity contribution in [2.24, 2.45) is 0 Å². The summed E-state index contributed by atoms with van der Waals surface area (Å²) in [7, 11) is 0. The molecule has 0 aromatic carbocycles. The van der Waals surface area contributed by atoms with Gasteiger partial charge in [-0.15, -0.1) is 5.10 Å². The fourth-order valence-corrected chi connectivity index (χ4v) is 2.62. The van der Waals surface area contributed by atoms with Crippen LogP contribution in [0.25, 0.3) is 4.96 Å². The van der Waals surface area contributed by atoms with E-state index < -0.39 is 11.8 Å². The third kappa shape index (κ3) is 1.18. The Kier molecular flexibility index (Phi) is 1.57. The number of fused-ring (bicyclic) bond motifs is 1. The first kappa shape index (κ1) is 8.72. The van der Waals surface area contributed by atoms with E-state index in [1.54, 1.807) is 6.20 Å². The maximum Gasteiger partial charge on any atom is 0.257 e. The average molecular weight is 280 g/mol. The van der Waals surface area contributed by atoms with Crippen LogP contribution in [0.2, 0.25) is 0 Å². The Labute approximate surface area is 89.9 Å². The van der Waals surface area contributed by atoms with Crippen molar-refractivity contribution in [3.05, 3.63) is 15.8 Å². The first-order valence-electron chi connectivity index (χ1n) is 3.96. The molecule has 2 aromatic rings. The second kappa shape index (κ2) is 2.52. The maximum absolute atomic E-state index is 12.7. The SMILES string of the molecule is FC1(F)CC1c1cn2nc(Br)sc2n1. The molecule has 1 fully saturated rings. The van der Waals surface area contributed by atoms with Crippen LogP contribution in [-0.2, 0) is 0 Å². The van der Waals surface area contributed by atoms with Gasteiger partial charge in [0.2, 0.25) is 4.96 Å². The standard InChI is InChI=1S/C7H4BrF2N3S/c8-5-12-13-2-4(11-6(13)14-5)3-1-7(3,9)10/h2-3H,1H2. The molecule has 0 amide bonds. The fourth-order valence-electron chi connectivity index (χ4n) is 1.39. The fraction of sp³-hybridized carbons (Fsp3) is 0.429. The summed E-state index contributed by atoms with van der Waals surface area (Å²) in [6, 6.07) is 0. The van der Waals surface area contributed by atoms with Gasteiger partial charge in [-0.3, -0.25) is 0 Å². The first-order chi connectivity index (χ1) is 6.56. The molecule has 74 valence electrons. The Bertz CT molecular complexity index is 474. The van der Waals surface area contributed by atoms with Gasteiger partial charge in [0.05, 0.1) is 17.8 Å². The van der Waals surface area contributed by atoms with Crippen molar-refractivity contribution in [3.8, 4) is 0 Å². The van der Waals surface area contributed by atoms with Crippen molar-refractivity contribution in [2.45, 2.75) is 18.3 Å². The second-order valence-corrected chi connectivity index (χ2v) is 5.50. The van der Waals surface area contributed by atoms with E-state index >= 15 is 0 Å². The third-order valence-corrected chi connectivity index (χ3v) is 3.58. The molecule has 0 bridgehead atoms. The molecular weight excluding hydrogens is 276 g/mol. The van der Waals surface area contributed by atoms with E-state index in [-0.39, 0.29) is 6.42 Å². The zero-order chi connectivity index (χ0) is 9.92. The van der Waals surface area contributed by atoms with Crippen LogP contribution in [0.15, 0.2) is 10.1 Å². The molecule has 7 heteroatoms. The van der Waals surface area contributed by atoms with Gasteiger partial charge < -0.3 is 0 Å². The van der Waals surface area contributed by atoms with Crippen molar-refractivity contribution in [2.75, 3.05) is 0 Å². The summed E-state index contributed by atoms with van der Waals surface area (Å²) in [5.41, 5.74) is 0.446. The minimum Gasteiger partial charge on any atom is -0.222 e. The molecule has 1 aliphatic rings. The average Bonchev–Trinajstić information content (AvgIpc) is 2.38. The monoisotopic (exact) mass is 279 g/mol. The van der Waals surface area contributed by atoms with Gasteiger partial charge in [-0.25, -0.2) is 18.3 Å². The molecule has 0 N–H and O–H groups in total. The summed E-state index contributed by atoms with van der Waals surface area (Å²) in [5.74, 6) is -3.25. The van der Waals surface area contributed by atoms with E-state index in [1.165, 1.54) is 15.9 Å². The van der Waals surface area contributed by atoms with Gasteiger partial charge in [-0.05, 0) is 15.9 Å². The Morgan fingerprint density at radius 2 is 2.36 bits per heavy atom. The maximum atomic E-state index is 12.7. The van der Waals surface area contributed by atoms with Crippen molar-refractivity contribution in [1.29, 1.82) is 0 Å². The van der Waals surface area contributed by atoms with Crippen molar-refractivity contribution in [3.63, 3.8) is 0 Å². The quantitative estimate of drug-likeness (QED) is 0.804. The predicted octanol–water partition coefficient (Wildman–Crippen LogP) is 2.68. The van der Waals surface area contributed by atoms with Crippen molar-refractivity contribution in [1.82, 2.24) is 14.6 Å². The zero-order valence-electron chi connectivity index (χ0n) is 6.75. The number of rotatable bonds is 1. The lowest BCUT2D eigenvalue weighted by atomic mass is 10.3. The largest absolute Gasteiger partial charge is 0.257 e. The van der Waals surface area contributed by atoms with Gasteiger partial charge in [0.1, 0.15) is 0 Å². The molecule has 14 heavy (non-hydrogen) atoms. The van der Waals surface area contributed by atoms with Crippen LogP contribution >= 0.6 is 27.3 Å². The van der Waals surface area contributed by atoms with E-state index in [9.17, 15) is 8.78 Å². The smallest absolute Gasteiger partial charge is 0.222 e. The van der Waals surface area contributed by atoms with E-state index in [2.05, 4.69) is 26.0 Å². The summed E-state index contributed by atoms with van der Waals surface area (Å²) in [6.07, 6.45) is 1.49. The van der Waals surface area contributed by atoms with E-state index in [0.717, 1.165) is 0 Å². The second-order valence-electron chi connectivity index (χ2n) is 3.27. The van der Waals surface area contributed by atoms with Crippen LogP contribution in [0.1, 0.15) is 18.0 Å². The highest BCUT2D eigenvalue weighted by molar-refractivity contribution is 9.11. The van der Waals surface area contributed by atoms with Crippen LogP contribution in [0.4, 0.5) is 8.78 Å². The van der Waals surface area contributed by atoms with Gasteiger partial charge in [-0.2, -0.15) is 0 Å². The van der Waals surface area contributed by atoms with Crippen LogP contribution < -0.4 is 0 Å². The number of hydrogen-bond donors (Lipinski definition) is 0. The van der Waals surface area contributed by atoms with Crippen molar-refractivity contribution < 1.29 is 8.78 Å². The van der Waals surface area contributed by atoms with E-state index in [0.29, 0.717) is 14.6 Å². The number of aromatic nitrogens is 3. The van der Waals surface area contributed by atoms with E-state index in [4.69, 9.17) is 0 Å². The Balaban J connectivity index is 2.04. The van der Waals surface area contributed by atoms with Gasteiger partial charge in [0.25, 0.3) is 5.92 Å². The topological polar surface area (TPSA) is 30.2 Å². The number of alkyl halides is 2. The Hall–Kier alpha value is -0.560. The van der Waals surface area contributed by atoms with Crippen molar-refractivity contribution >= 4 is 32.2 Å². The molecule has 2 heterocycles. The molecule has 1 saturated carbocycles. The lowest BCUT2D eigenvalue weighted by Crippen LogP contribution is -1.92. The van der Waals surface area contributed by atoms with Crippen LogP contribution in [0.5, 0.6) is 0 Å². The predicted molar refractivity (Wildman–Crippen MR) is 50.9 cm³/mol. The Morgan fingerprint density at radius 3 is 2.93 bits per heavy atom. The normalized spacial score (nSPS) is 24.4. The molecule has 1 atom stereocenters. The summed E-state index contributed by atoms with van der Waals surface area (Å²) in [6.45, 7) is 0. The Morgan fingerprint density at radius 1 is 1.64 bits per heavy atom. The summed E-state index contributed by atoms with van der Waals surface area (Å²) in [5, 5.41) is 4.04. The molecule has 3 rings (SSSR count). The summed E-state index contributed by atoms with van der Waals surface area (Å²) in [4.78, 5) is 4.75. The minimum atomic E-state index is -2.55. The molecule has 0 saturated heterocycles. The number of halogens is 3. The number of hydrogen-bond acceptors (Lipinski definition) is 3. The molecular formula is C7H4BrF2N3S. The number of nitrogens with zero attached hydrogens (tertiary/aromatic N) is 3. The highest BCUT2D eigenvalue weighted by Gasteiger charge is 2.59. The van der Waals surface area contributed by atoms with Gasteiger partial charge in [-0.1, -0.05) is 11.3 Å². The molecule has 2 aromatic heterocycles. The lowest BCUT2D eigenvalue weighted by molar-refractivity contribution is 0.111. The van der Waals surface area contributed by atoms with Gasteiger partial charge >= 0.3 is 0 Å². The molecule has 3 nitrogen and oxygen atoms in total. The highest BCUT2D eigenvalue weighted by Crippen LogP contribution is 2.55. The van der Waals surface area contributed by atoms with Crippen LogP contribution in [0, 0.1) is 0 Å². The minimum absolute atomic E-state index is 0.0843. The lowest BCUT2D eigenvalue weighted by Gasteiger charge is -1.90. The summed E-state index contributed by atoms with van der Waals surface area (Å²) < 4.78 is 27.7. The van der Waals surface area contributed by atoms with Crippen LogP contribution in [0.3, 0.4) is 0 Å². The number of imidazole rings is 1. The first-order valence-corrected chi connectivity index (χ1v) is 5.57. The molecule has 0 spiro atoms. The zero-order valence-corrected chi connectivity index (χ0v) is 9.15. The van der Waals surface area contributed by atoms with Gasteiger partial charge in [0, 0.05) is 6.42 Å². The molecule has 1 unspecified atom stereocenters.